The summed E-state index contributed by atoms with van der Waals surface area (Å²) in [6.07, 6.45) is 11.7. The van der Waals surface area contributed by atoms with Gasteiger partial charge >= 0.3 is 6.16 Å². The summed E-state index contributed by atoms with van der Waals surface area (Å²) in [4.78, 5) is 11.6. The van der Waals surface area contributed by atoms with Crippen LogP contribution in [0.4, 0.5) is 4.79 Å². The fourth-order valence-corrected chi connectivity index (χ4v) is 3.85. The number of phenolic OH excluding ortho intramolecular Hbond substituents is 1. The van der Waals surface area contributed by atoms with Crippen LogP contribution in [0.15, 0.2) is 0 Å². The second-order valence-corrected chi connectivity index (χ2v) is 8.99. The summed E-state index contributed by atoms with van der Waals surface area (Å²) in [6, 6.07) is 0. The molecule has 1 rings (SSSR count). The average molecular weight is 497 g/mol. The molecule has 1 aromatic carbocycles. The number of ether oxygens (including phenoxy) is 4. The van der Waals surface area contributed by atoms with Crippen molar-refractivity contribution in [1.82, 2.24) is 0 Å². The van der Waals surface area contributed by atoms with Crippen molar-refractivity contribution in [3.05, 3.63) is 5.56 Å². The van der Waals surface area contributed by atoms with Crippen molar-refractivity contribution in [3.8, 4) is 28.7 Å². The van der Waals surface area contributed by atoms with Gasteiger partial charge in [-0.3, -0.25) is 0 Å². The summed E-state index contributed by atoms with van der Waals surface area (Å²) in [5, 5.41) is 20.6. The molecule has 0 saturated heterocycles. The summed E-state index contributed by atoms with van der Waals surface area (Å²) in [6.45, 7) is 9.80. The number of carboxylic acid groups (broad SMARTS) is 1. The third kappa shape index (κ3) is 11.3. The summed E-state index contributed by atoms with van der Waals surface area (Å²) in [5.41, 5.74) is 0.531. The van der Waals surface area contributed by atoms with Crippen LogP contribution >= 0.6 is 0 Å². The van der Waals surface area contributed by atoms with E-state index in [1.54, 1.807) is 0 Å². The highest BCUT2D eigenvalue weighted by Crippen LogP contribution is 2.54. The molecule has 0 aliphatic carbocycles. The second-order valence-electron chi connectivity index (χ2n) is 8.99. The predicted octanol–water partition coefficient (Wildman–Crippen LogP) is 8.28. The minimum atomic E-state index is -1.49. The van der Waals surface area contributed by atoms with Crippen molar-refractivity contribution in [3.63, 3.8) is 0 Å². The van der Waals surface area contributed by atoms with Crippen LogP contribution in [0.2, 0.25) is 0 Å². The zero-order chi connectivity index (χ0) is 25.9. The number of hydrogen-bond donors (Lipinski definition) is 2. The number of aromatic hydroxyl groups is 1. The molecule has 0 unspecified atom stereocenters. The summed E-state index contributed by atoms with van der Waals surface area (Å²) in [5.74, 6) is 0.465. The van der Waals surface area contributed by atoms with Crippen LogP contribution in [0.25, 0.3) is 0 Å². The van der Waals surface area contributed by atoms with Gasteiger partial charge in [0.05, 0.1) is 19.8 Å². The maximum Gasteiger partial charge on any atom is 0.511 e. The van der Waals surface area contributed by atoms with E-state index in [9.17, 15) is 15.0 Å². The van der Waals surface area contributed by atoms with Crippen molar-refractivity contribution in [2.75, 3.05) is 19.8 Å². The molecule has 0 fully saturated rings. The van der Waals surface area contributed by atoms with Gasteiger partial charge in [0.15, 0.2) is 11.5 Å². The average Bonchev–Trinajstić information content (AvgIpc) is 2.84. The fraction of sp³-hybridized carbons (Fsp3) is 0.750. The lowest BCUT2D eigenvalue weighted by molar-refractivity contribution is 0.141. The van der Waals surface area contributed by atoms with E-state index < -0.39 is 6.16 Å². The standard InChI is InChI=1S/C28H48O7/c1-5-9-13-14-18-22-24(35-28(30)31)23(29)26(33-20-16-11-7-3)27(34-21-17-12-8-4)25(22)32-19-15-10-6-2/h29H,5-21H2,1-4H3,(H,30,31). The quantitative estimate of drug-likeness (QED) is 0.100. The lowest BCUT2D eigenvalue weighted by atomic mass is 10.0. The Morgan fingerprint density at radius 3 is 1.54 bits per heavy atom. The van der Waals surface area contributed by atoms with E-state index in [4.69, 9.17) is 18.9 Å². The lowest BCUT2D eigenvalue weighted by Crippen LogP contribution is -2.12. The minimum Gasteiger partial charge on any atom is -0.502 e. The van der Waals surface area contributed by atoms with Crippen LogP contribution in [-0.2, 0) is 6.42 Å². The molecule has 0 aliphatic heterocycles. The third-order valence-corrected chi connectivity index (χ3v) is 5.84. The maximum atomic E-state index is 11.6. The molecule has 7 heteroatoms. The van der Waals surface area contributed by atoms with Crippen LogP contribution in [0, 0.1) is 0 Å². The van der Waals surface area contributed by atoms with Crippen molar-refractivity contribution >= 4 is 6.16 Å². The number of hydrogen-bond acceptors (Lipinski definition) is 6. The molecule has 0 radical (unpaired) electrons. The highest BCUT2D eigenvalue weighted by atomic mass is 16.7. The number of unbranched alkanes of at least 4 members (excludes halogenated alkanes) is 9. The van der Waals surface area contributed by atoms with E-state index in [0.717, 1.165) is 83.5 Å². The Morgan fingerprint density at radius 1 is 0.600 bits per heavy atom. The molecule has 0 saturated carbocycles. The predicted molar refractivity (Wildman–Crippen MR) is 140 cm³/mol. The Hall–Kier alpha value is -2.31. The smallest absolute Gasteiger partial charge is 0.502 e. The van der Waals surface area contributed by atoms with Gasteiger partial charge in [-0.25, -0.2) is 4.79 Å². The maximum absolute atomic E-state index is 11.6. The first-order valence-electron chi connectivity index (χ1n) is 13.7. The molecule has 0 amide bonds. The molecule has 202 valence electrons. The van der Waals surface area contributed by atoms with E-state index in [1.807, 2.05) is 0 Å². The highest BCUT2D eigenvalue weighted by molar-refractivity contribution is 5.73. The Kier molecular flexibility index (Phi) is 16.6. The van der Waals surface area contributed by atoms with Gasteiger partial charge in [0, 0.05) is 5.56 Å². The summed E-state index contributed by atoms with van der Waals surface area (Å²) < 4.78 is 23.5. The van der Waals surface area contributed by atoms with Crippen LogP contribution < -0.4 is 18.9 Å². The number of rotatable bonds is 21. The number of phenols is 1. The Balaban J connectivity index is 3.51. The van der Waals surface area contributed by atoms with Crippen molar-refractivity contribution in [2.45, 2.75) is 118 Å². The first-order valence-corrected chi connectivity index (χ1v) is 13.7. The van der Waals surface area contributed by atoms with Gasteiger partial charge < -0.3 is 29.2 Å². The van der Waals surface area contributed by atoms with Gasteiger partial charge in [-0.15, -0.1) is 0 Å². The molecule has 0 atom stereocenters. The molecular weight excluding hydrogens is 448 g/mol. The second kappa shape index (κ2) is 18.9. The van der Waals surface area contributed by atoms with E-state index in [-0.39, 0.29) is 17.2 Å². The van der Waals surface area contributed by atoms with Crippen LogP contribution in [-0.4, -0.2) is 36.2 Å². The molecule has 0 spiro atoms. The highest BCUT2D eigenvalue weighted by Gasteiger charge is 2.30. The van der Waals surface area contributed by atoms with Gasteiger partial charge in [-0.05, 0) is 32.1 Å². The molecule has 0 bridgehead atoms. The summed E-state index contributed by atoms with van der Waals surface area (Å²) >= 11 is 0. The zero-order valence-electron chi connectivity index (χ0n) is 22.5. The third-order valence-electron chi connectivity index (χ3n) is 5.84. The molecule has 1 aromatic rings. The normalized spacial score (nSPS) is 10.9. The molecule has 35 heavy (non-hydrogen) atoms. The molecule has 2 N–H and O–H groups in total. The van der Waals surface area contributed by atoms with E-state index in [2.05, 4.69) is 27.7 Å². The Bertz CT molecular complexity index is 718. The number of benzene rings is 1. The van der Waals surface area contributed by atoms with Crippen LogP contribution in [0.5, 0.6) is 28.7 Å². The van der Waals surface area contributed by atoms with E-state index >= 15 is 0 Å². The van der Waals surface area contributed by atoms with Gasteiger partial charge in [0.2, 0.25) is 17.2 Å². The van der Waals surface area contributed by atoms with Gasteiger partial charge in [0.25, 0.3) is 0 Å². The Morgan fingerprint density at radius 2 is 1.06 bits per heavy atom. The van der Waals surface area contributed by atoms with Crippen molar-refractivity contribution in [1.29, 1.82) is 0 Å². The van der Waals surface area contributed by atoms with E-state index in [0.29, 0.717) is 43.3 Å². The van der Waals surface area contributed by atoms with Gasteiger partial charge in [-0.1, -0.05) is 85.5 Å². The zero-order valence-corrected chi connectivity index (χ0v) is 22.5. The molecule has 0 aliphatic rings. The van der Waals surface area contributed by atoms with Crippen LogP contribution in [0.3, 0.4) is 0 Å². The molecular formula is C28H48O7. The molecule has 7 nitrogen and oxygen atoms in total. The van der Waals surface area contributed by atoms with Crippen LogP contribution in [0.1, 0.15) is 117 Å². The largest absolute Gasteiger partial charge is 0.511 e. The molecule has 0 aromatic heterocycles. The molecule has 0 heterocycles. The fourth-order valence-electron chi connectivity index (χ4n) is 3.85. The summed E-state index contributed by atoms with van der Waals surface area (Å²) in [7, 11) is 0. The minimum absolute atomic E-state index is 0.106. The monoisotopic (exact) mass is 496 g/mol. The first-order chi connectivity index (χ1) is 17.0. The number of carbonyl (C=O) groups is 1. The SMILES string of the molecule is CCCCCCc1c(OC(=O)O)c(O)c(OCCCCC)c(OCCCCC)c1OCCCCC. The van der Waals surface area contributed by atoms with Crippen molar-refractivity contribution in [2.24, 2.45) is 0 Å². The van der Waals surface area contributed by atoms with Crippen molar-refractivity contribution < 1.29 is 34.0 Å². The van der Waals surface area contributed by atoms with Gasteiger partial charge in [-0.2, -0.15) is 0 Å². The lowest BCUT2D eigenvalue weighted by Gasteiger charge is -2.23. The van der Waals surface area contributed by atoms with E-state index in [1.165, 1.54) is 0 Å². The van der Waals surface area contributed by atoms with Gasteiger partial charge in [0.1, 0.15) is 0 Å². The Labute approximate surface area is 212 Å². The topological polar surface area (TPSA) is 94.5 Å². The first kappa shape index (κ1) is 30.7.